The van der Waals surface area contributed by atoms with Crippen LogP contribution in [0.4, 0.5) is 5.69 Å². The Hall–Kier alpha value is -2.00. The van der Waals surface area contributed by atoms with Gasteiger partial charge in [-0.2, -0.15) is 0 Å². The molecule has 9 heteroatoms. The lowest BCUT2D eigenvalue weighted by atomic mass is 9.81. The molecule has 0 aliphatic heterocycles. The molecule has 108 valence electrons. The van der Waals surface area contributed by atoms with Crippen LogP contribution < -0.4 is 4.72 Å². The van der Waals surface area contributed by atoms with Crippen molar-refractivity contribution in [3.05, 3.63) is 34.4 Å². The third-order valence-electron chi connectivity index (χ3n) is 3.16. The maximum absolute atomic E-state index is 12.1. The first-order valence-electron chi connectivity index (χ1n) is 5.80. The predicted octanol–water partition coefficient (Wildman–Crippen LogP) is 0.736. The van der Waals surface area contributed by atoms with Crippen LogP contribution >= 0.6 is 0 Å². The number of carboxylic acids is 1. The summed E-state index contributed by atoms with van der Waals surface area (Å²) in [6.07, 6.45) is 0.379. The van der Waals surface area contributed by atoms with E-state index >= 15 is 0 Å². The number of nitro groups is 1. The van der Waals surface area contributed by atoms with Gasteiger partial charge in [0, 0.05) is 12.1 Å². The lowest BCUT2D eigenvalue weighted by Crippen LogP contribution is -2.46. The summed E-state index contributed by atoms with van der Waals surface area (Å²) in [6.45, 7) is 0. The highest BCUT2D eigenvalue weighted by atomic mass is 32.2. The Morgan fingerprint density at radius 3 is 2.50 bits per heavy atom. The fraction of sp³-hybridized carbons (Fsp3) is 0.364. The maximum Gasteiger partial charge on any atom is 0.306 e. The molecule has 0 aromatic heterocycles. The van der Waals surface area contributed by atoms with Crippen molar-refractivity contribution >= 4 is 21.7 Å². The molecule has 0 unspecified atom stereocenters. The van der Waals surface area contributed by atoms with Crippen molar-refractivity contribution in [1.82, 2.24) is 4.72 Å². The minimum Gasteiger partial charge on any atom is -0.481 e. The molecular weight excluding hydrogens is 288 g/mol. The summed E-state index contributed by atoms with van der Waals surface area (Å²) < 4.78 is 26.4. The van der Waals surface area contributed by atoms with Crippen molar-refractivity contribution in [2.75, 3.05) is 0 Å². The summed E-state index contributed by atoms with van der Waals surface area (Å²) in [5, 5.41) is 19.5. The number of rotatable bonds is 5. The second-order valence-corrected chi connectivity index (χ2v) is 6.23. The summed E-state index contributed by atoms with van der Waals surface area (Å²) in [6, 6.07) is 4.52. The van der Waals surface area contributed by atoms with E-state index in [4.69, 9.17) is 5.11 Å². The van der Waals surface area contributed by atoms with Crippen LogP contribution in [0.15, 0.2) is 29.2 Å². The number of nitrogens with zero attached hydrogens (tertiary/aromatic N) is 1. The average molecular weight is 300 g/mol. The number of carbonyl (C=O) groups is 1. The molecule has 0 heterocycles. The Kier molecular flexibility index (Phi) is 3.73. The van der Waals surface area contributed by atoms with Gasteiger partial charge >= 0.3 is 5.97 Å². The predicted molar refractivity (Wildman–Crippen MR) is 67.6 cm³/mol. The maximum atomic E-state index is 12.1. The number of carboxylic acid groups (broad SMARTS) is 1. The van der Waals surface area contributed by atoms with Crippen LogP contribution in [0.2, 0.25) is 0 Å². The Morgan fingerprint density at radius 1 is 1.35 bits per heavy atom. The zero-order chi connectivity index (χ0) is 14.9. The van der Waals surface area contributed by atoms with Gasteiger partial charge in [-0.1, -0.05) is 12.1 Å². The molecule has 0 bridgehead atoms. The van der Waals surface area contributed by atoms with Crippen LogP contribution in [0.25, 0.3) is 0 Å². The Morgan fingerprint density at radius 2 is 1.95 bits per heavy atom. The second-order valence-electron chi connectivity index (χ2n) is 4.55. The van der Waals surface area contributed by atoms with Gasteiger partial charge in [0.2, 0.25) is 10.0 Å². The van der Waals surface area contributed by atoms with Gasteiger partial charge in [0.25, 0.3) is 5.69 Å². The molecule has 1 saturated carbocycles. The smallest absolute Gasteiger partial charge is 0.306 e. The summed E-state index contributed by atoms with van der Waals surface area (Å²) in [7, 11) is -4.03. The van der Waals surface area contributed by atoms with Crippen molar-refractivity contribution in [2.45, 2.75) is 23.8 Å². The van der Waals surface area contributed by atoms with Crippen LogP contribution in [0.3, 0.4) is 0 Å². The highest BCUT2D eigenvalue weighted by Gasteiger charge is 2.38. The van der Waals surface area contributed by atoms with Crippen LogP contribution in [-0.2, 0) is 14.8 Å². The van der Waals surface area contributed by atoms with Crippen molar-refractivity contribution in [1.29, 1.82) is 0 Å². The Bertz CT molecular complexity index is 651. The van der Waals surface area contributed by atoms with Crippen molar-refractivity contribution in [2.24, 2.45) is 5.92 Å². The SMILES string of the molecule is O=C(O)C1CC(NS(=O)(=O)c2ccccc2[N+](=O)[O-])C1. The summed E-state index contributed by atoms with van der Waals surface area (Å²) in [4.78, 5) is 20.3. The molecule has 1 fully saturated rings. The van der Waals surface area contributed by atoms with Crippen molar-refractivity contribution < 1.29 is 23.2 Å². The fourth-order valence-electron chi connectivity index (χ4n) is 2.03. The van der Waals surface area contributed by atoms with Gasteiger partial charge < -0.3 is 5.11 Å². The van der Waals surface area contributed by atoms with E-state index < -0.39 is 43.5 Å². The quantitative estimate of drug-likeness (QED) is 0.610. The molecule has 2 N–H and O–H groups in total. The molecule has 1 aliphatic carbocycles. The number of nitro benzene ring substituents is 1. The molecular formula is C11H12N2O6S. The lowest BCUT2D eigenvalue weighted by Gasteiger charge is -2.32. The number of hydrogen-bond donors (Lipinski definition) is 2. The highest BCUT2D eigenvalue weighted by molar-refractivity contribution is 7.89. The topological polar surface area (TPSA) is 127 Å². The molecule has 20 heavy (non-hydrogen) atoms. The minimum absolute atomic E-state index is 0.190. The molecule has 1 aromatic carbocycles. The molecule has 0 spiro atoms. The number of sulfonamides is 1. The zero-order valence-corrected chi connectivity index (χ0v) is 11.0. The van der Waals surface area contributed by atoms with E-state index in [0.717, 1.165) is 12.1 Å². The molecule has 1 aromatic rings. The molecule has 8 nitrogen and oxygen atoms in total. The third kappa shape index (κ3) is 2.78. The normalized spacial score (nSPS) is 22.0. The molecule has 0 saturated heterocycles. The summed E-state index contributed by atoms with van der Waals surface area (Å²) in [5.74, 6) is -1.53. The van der Waals surface area contributed by atoms with Crippen LogP contribution in [0.1, 0.15) is 12.8 Å². The Labute approximate surface area is 114 Å². The Balaban J connectivity index is 2.16. The first-order valence-corrected chi connectivity index (χ1v) is 7.28. The van der Waals surface area contributed by atoms with E-state index in [0.29, 0.717) is 0 Å². The third-order valence-corrected chi connectivity index (χ3v) is 4.73. The summed E-state index contributed by atoms with van der Waals surface area (Å²) >= 11 is 0. The summed E-state index contributed by atoms with van der Waals surface area (Å²) in [5.41, 5.74) is -0.505. The average Bonchev–Trinajstić information content (AvgIpc) is 2.33. The molecule has 1 aliphatic rings. The van der Waals surface area contributed by atoms with Crippen LogP contribution in [0, 0.1) is 16.0 Å². The zero-order valence-electron chi connectivity index (χ0n) is 10.2. The van der Waals surface area contributed by atoms with Crippen molar-refractivity contribution in [3.63, 3.8) is 0 Å². The number of benzene rings is 1. The van der Waals surface area contributed by atoms with Gasteiger partial charge in [0.15, 0.2) is 4.90 Å². The van der Waals surface area contributed by atoms with E-state index in [1.165, 1.54) is 12.1 Å². The number of para-hydroxylation sites is 1. The number of nitrogens with one attached hydrogen (secondary N) is 1. The number of aliphatic carboxylic acids is 1. The van der Waals surface area contributed by atoms with Gasteiger partial charge in [0.1, 0.15) is 0 Å². The second kappa shape index (κ2) is 5.17. The van der Waals surface area contributed by atoms with Gasteiger partial charge in [-0.25, -0.2) is 13.1 Å². The van der Waals surface area contributed by atoms with E-state index in [2.05, 4.69) is 4.72 Å². The molecule has 0 atom stereocenters. The van der Waals surface area contributed by atoms with Gasteiger partial charge in [-0.05, 0) is 18.9 Å². The standard InChI is InChI=1S/C11H12N2O6S/c14-11(15)7-5-8(6-7)12-20(18,19)10-4-2-1-3-9(10)13(16)17/h1-4,7-8,12H,5-6H2,(H,14,15). The molecule has 0 amide bonds. The highest BCUT2D eigenvalue weighted by Crippen LogP contribution is 2.30. The lowest BCUT2D eigenvalue weighted by molar-refractivity contribution is -0.387. The van der Waals surface area contributed by atoms with Gasteiger partial charge in [0.05, 0.1) is 10.8 Å². The number of hydrogen-bond acceptors (Lipinski definition) is 5. The first kappa shape index (κ1) is 14.4. The van der Waals surface area contributed by atoms with Crippen LogP contribution in [-0.4, -0.2) is 30.5 Å². The van der Waals surface area contributed by atoms with Crippen molar-refractivity contribution in [3.8, 4) is 0 Å². The minimum atomic E-state index is -4.03. The van der Waals surface area contributed by atoms with E-state index in [1.807, 2.05) is 0 Å². The largest absolute Gasteiger partial charge is 0.481 e. The van der Waals surface area contributed by atoms with E-state index in [9.17, 15) is 23.3 Å². The van der Waals surface area contributed by atoms with Crippen LogP contribution in [0.5, 0.6) is 0 Å². The van der Waals surface area contributed by atoms with Gasteiger partial charge in [-0.3, -0.25) is 14.9 Å². The monoisotopic (exact) mass is 300 g/mol. The molecule has 0 radical (unpaired) electrons. The van der Waals surface area contributed by atoms with E-state index in [1.54, 1.807) is 0 Å². The first-order chi connectivity index (χ1) is 9.31. The van der Waals surface area contributed by atoms with Gasteiger partial charge in [-0.15, -0.1) is 0 Å². The molecule has 2 rings (SSSR count). The van der Waals surface area contributed by atoms with E-state index in [-0.39, 0.29) is 12.8 Å². The fourth-order valence-corrected chi connectivity index (χ4v) is 3.47.